The van der Waals surface area contributed by atoms with E-state index in [1.165, 1.54) is 0 Å². The smallest absolute Gasteiger partial charge is 0.256 e. The van der Waals surface area contributed by atoms with Gasteiger partial charge >= 0.3 is 0 Å². The molecule has 2 heterocycles. The Kier molecular flexibility index (Phi) is 3.46. The third-order valence-corrected chi connectivity index (χ3v) is 4.44. The van der Waals surface area contributed by atoms with Crippen LogP contribution in [0.1, 0.15) is 16.8 Å². The van der Waals surface area contributed by atoms with E-state index in [2.05, 4.69) is 25.9 Å². The van der Waals surface area contributed by atoms with Crippen molar-refractivity contribution in [3.63, 3.8) is 0 Å². The molecule has 19 heavy (non-hydrogen) atoms. The number of rotatable bonds is 2. The SMILES string of the molecule is O=C(c1cccc2nccnc12)N1CCC(CBr)C1. The average molecular weight is 320 g/mol. The van der Waals surface area contributed by atoms with Crippen molar-refractivity contribution in [2.75, 3.05) is 18.4 Å². The highest BCUT2D eigenvalue weighted by molar-refractivity contribution is 9.09. The maximum Gasteiger partial charge on any atom is 0.256 e. The second kappa shape index (κ2) is 5.25. The van der Waals surface area contributed by atoms with E-state index >= 15 is 0 Å². The van der Waals surface area contributed by atoms with E-state index in [1.807, 2.05) is 23.1 Å². The van der Waals surface area contributed by atoms with Crippen molar-refractivity contribution in [1.82, 2.24) is 14.9 Å². The number of fused-ring (bicyclic) bond motifs is 1. The summed E-state index contributed by atoms with van der Waals surface area (Å²) < 4.78 is 0. The first-order chi connectivity index (χ1) is 9.29. The molecule has 0 aliphatic carbocycles. The van der Waals surface area contributed by atoms with E-state index in [4.69, 9.17) is 0 Å². The number of para-hydroxylation sites is 1. The molecule has 1 aromatic carbocycles. The lowest BCUT2D eigenvalue weighted by Crippen LogP contribution is -2.29. The number of aromatic nitrogens is 2. The van der Waals surface area contributed by atoms with E-state index in [-0.39, 0.29) is 5.91 Å². The Morgan fingerprint density at radius 2 is 2.21 bits per heavy atom. The minimum atomic E-state index is 0.0644. The highest BCUT2D eigenvalue weighted by Gasteiger charge is 2.27. The van der Waals surface area contributed by atoms with Gasteiger partial charge in [-0.05, 0) is 24.5 Å². The molecule has 4 nitrogen and oxygen atoms in total. The maximum atomic E-state index is 12.6. The first-order valence-electron chi connectivity index (χ1n) is 6.34. The van der Waals surface area contributed by atoms with Crippen LogP contribution in [0.4, 0.5) is 0 Å². The molecule has 98 valence electrons. The Balaban J connectivity index is 1.94. The molecule has 0 N–H and O–H groups in total. The van der Waals surface area contributed by atoms with Crippen LogP contribution in [0.25, 0.3) is 11.0 Å². The number of carbonyl (C=O) groups excluding carboxylic acids is 1. The van der Waals surface area contributed by atoms with Gasteiger partial charge in [-0.1, -0.05) is 22.0 Å². The van der Waals surface area contributed by atoms with Crippen molar-refractivity contribution in [2.45, 2.75) is 6.42 Å². The first kappa shape index (κ1) is 12.5. The zero-order valence-electron chi connectivity index (χ0n) is 10.4. The normalized spacial score (nSPS) is 19.0. The molecule has 1 unspecified atom stereocenters. The Labute approximate surface area is 120 Å². The van der Waals surface area contributed by atoms with Crippen molar-refractivity contribution in [2.24, 2.45) is 5.92 Å². The number of amides is 1. The van der Waals surface area contributed by atoms with Crippen LogP contribution in [0.5, 0.6) is 0 Å². The Morgan fingerprint density at radius 3 is 3.00 bits per heavy atom. The minimum Gasteiger partial charge on any atom is -0.338 e. The van der Waals surface area contributed by atoms with E-state index < -0.39 is 0 Å². The van der Waals surface area contributed by atoms with Crippen LogP contribution in [-0.4, -0.2) is 39.2 Å². The second-order valence-corrected chi connectivity index (χ2v) is 5.44. The van der Waals surface area contributed by atoms with Crippen LogP contribution in [0.3, 0.4) is 0 Å². The highest BCUT2D eigenvalue weighted by atomic mass is 79.9. The number of hydrogen-bond donors (Lipinski definition) is 0. The molecule has 1 aromatic heterocycles. The summed E-state index contributed by atoms with van der Waals surface area (Å²) in [5, 5.41) is 0.951. The molecule has 1 aliphatic rings. The molecule has 0 saturated carbocycles. The standard InChI is InChI=1S/C14H14BrN3O/c15-8-10-4-7-18(9-10)14(19)11-2-1-3-12-13(11)17-6-5-16-12/h1-3,5-6,10H,4,7-9H2. The molecule has 3 rings (SSSR count). The van der Waals surface area contributed by atoms with Gasteiger partial charge in [0.05, 0.1) is 11.1 Å². The topological polar surface area (TPSA) is 46.1 Å². The molecule has 1 atom stereocenters. The van der Waals surface area contributed by atoms with Crippen LogP contribution < -0.4 is 0 Å². The summed E-state index contributed by atoms with van der Waals surface area (Å²) in [5.41, 5.74) is 2.11. The van der Waals surface area contributed by atoms with Gasteiger partial charge < -0.3 is 4.90 Å². The Morgan fingerprint density at radius 1 is 1.37 bits per heavy atom. The lowest BCUT2D eigenvalue weighted by molar-refractivity contribution is 0.0790. The van der Waals surface area contributed by atoms with Gasteiger partial charge in [0, 0.05) is 30.8 Å². The molecule has 0 radical (unpaired) electrons. The fourth-order valence-corrected chi connectivity index (χ4v) is 3.01. The van der Waals surface area contributed by atoms with Gasteiger partial charge in [0.15, 0.2) is 0 Å². The van der Waals surface area contributed by atoms with Crippen molar-refractivity contribution in [3.05, 3.63) is 36.2 Å². The first-order valence-corrected chi connectivity index (χ1v) is 7.46. The van der Waals surface area contributed by atoms with E-state index in [0.29, 0.717) is 17.0 Å². The van der Waals surface area contributed by atoms with Gasteiger partial charge in [-0.25, -0.2) is 0 Å². The molecule has 0 spiro atoms. The van der Waals surface area contributed by atoms with Gasteiger partial charge in [-0.3, -0.25) is 14.8 Å². The quantitative estimate of drug-likeness (QED) is 0.799. The van der Waals surface area contributed by atoms with Gasteiger partial charge in [0.25, 0.3) is 5.91 Å². The highest BCUT2D eigenvalue weighted by Crippen LogP contribution is 2.22. The van der Waals surface area contributed by atoms with Crippen LogP contribution in [0.15, 0.2) is 30.6 Å². The molecule has 0 bridgehead atoms. The van der Waals surface area contributed by atoms with E-state index in [1.54, 1.807) is 12.4 Å². The summed E-state index contributed by atoms with van der Waals surface area (Å²) in [4.78, 5) is 23.0. The fourth-order valence-electron chi connectivity index (χ4n) is 2.48. The number of alkyl halides is 1. The van der Waals surface area contributed by atoms with Gasteiger partial charge in [-0.2, -0.15) is 0 Å². The van der Waals surface area contributed by atoms with Crippen LogP contribution in [0.2, 0.25) is 0 Å². The average Bonchev–Trinajstić information content (AvgIpc) is 2.95. The summed E-state index contributed by atoms with van der Waals surface area (Å²) >= 11 is 3.49. The molecule has 2 aromatic rings. The Bertz CT molecular complexity index is 611. The molecule has 1 fully saturated rings. The summed E-state index contributed by atoms with van der Waals surface area (Å²) in [6.45, 7) is 1.65. The van der Waals surface area contributed by atoms with Crippen molar-refractivity contribution in [3.8, 4) is 0 Å². The lowest BCUT2D eigenvalue weighted by atomic mass is 10.1. The van der Waals surface area contributed by atoms with Gasteiger partial charge in [0.2, 0.25) is 0 Å². The van der Waals surface area contributed by atoms with Gasteiger partial charge in [0.1, 0.15) is 5.52 Å². The molecule has 1 aliphatic heterocycles. The number of hydrogen-bond acceptors (Lipinski definition) is 3. The monoisotopic (exact) mass is 319 g/mol. The van der Waals surface area contributed by atoms with Crippen LogP contribution >= 0.6 is 15.9 Å². The Hall–Kier alpha value is -1.49. The zero-order chi connectivity index (χ0) is 13.2. The number of nitrogens with zero attached hydrogens (tertiary/aromatic N) is 3. The fraction of sp³-hybridized carbons (Fsp3) is 0.357. The third kappa shape index (κ3) is 2.34. The van der Waals surface area contributed by atoms with Crippen molar-refractivity contribution in [1.29, 1.82) is 0 Å². The summed E-state index contributed by atoms with van der Waals surface area (Å²) in [7, 11) is 0. The lowest BCUT2D eigenvalue weighted by Gasteiger charge is -2.16. The molecular formula is C14H14BrN3O. The summed E-state index contributed by atoms with van der Waals surface area (Å²) in [6.07, 6.45) is 4.34. The number of benzene rings is 1. The third-order valence-electron chi connectivity index (χ3n) is 3.52. The molecule has 1 saturated heterocycles. The van der Waals surface area contributed by atoms with E-state index in [0.717, 1.165) is 30.4 Å². The second-order valence-electron chi connectivity index (χ2n) is 4.79. The maximum absolute atomic E-state index is 12.6. The number of carbonyl (C=O) groups is 1. The summed E-state index contributed by atoms with van der Waals surface area (Å²) in [6, 6.07) is 5.58. The molecule has 5 heteroatoms. The largest absolute Gasteiger partial charge is 0.338 e. The predicted octanol–water partition coefficient (Wildman–Crippen LogP) is 2.49. The molecular weight excluding hydrogens is 306 g/mol. The minimum absolute atomic E-state index is 0.0644. The van der Waals surface area contributed by atoms with Crippen molar-refractivity contribution < 1.29 is 4.79 Å². The molecule has 1 amide bonds. The predicted molar refractivity (Wildman–Crippen MR) is 77.3 cm³/mol. The van der Waals surface area contributed by atoms with Crippen molar-refractivity contribution >= 4 is 32.9 Å². The van der Waals surface area contributed by atoms with Crippen LogP contribution in [-0.2, 0) is 0 Å². The van der Waals surface area contributed by atoms with Gasteiger partial charge in [-0.15, -0.1) is 0 Å². The van der Waals surface area contributed by atoms with E-state index in [9.17, 15) is 4.79 Å². The number of likely N-dealkylation sites (tertiary alicyclic amines) is 1. The zero-order valence-corrected chi connectivity index (χ0v) is 12.0. The summed E-state index contributed by atoms with van der Waals surface area (Å²) in [5.74, 6) is 0.625. The number of halogens is 1. The van der Waals surface area contributed by atoms with Crippen LogP contribution in [0, 0.1) is 5.92 Å².